The van der Waals surface area contributed by atoms with Crippen molar-refractivity contribution in [2.45, 2.75) is 43.0 Å². The number of imidazole rings is 1. The highest BCUT2D eigenvalue weighted by Gasteiger charge is 2.46. The first-order chi connectivity index (χ1) is 12.9. The van der Waals surface area contributed by atoms with Gasteiger partial charge in [0.25, 0.3) is 0 Å². The Bertz CT molecular complexity index is 869. The molecule has 0 saturated carbocycles. The van der Waals surface area contributed by atoms with E-state index in [1.54, 1.807) is 0 Å². The Morgan fingerprint density at radius 3 is 2.14 bits per heavy atom. The van der Waals surface area contributed by atoms with E-state index in [2.05, 4.69) is 15.0 Å². The monoisotopic (exact) mass is 418 g/mol. The van der Waals surface area contributed by atoms with Crippen molar-refractivity contribution in [3.63, 3.8) is 0 Å². The van der Waals surface area contributed by atoms with E-state index in [-0.39, 0.29) is 0 Å². The van der Waals surface area contributed by atoms with Crippen molar-refractivity contribution >= 4 is 11.2 Å². The van der Waals surface area contributed by atoms with Gasteiger partial charge in [-0.15, -0.1) is 0 Å². The van der Waals surface area contributed by atoms with Crippen molar-refractivity contribution < 1.29 is 51.5 Å². The predicted molar refractivity (Wildman–Crippen MR) is 74.3 cm³/mol. The standard InChI is InChI=1S/C13H12F6N4O5/c14-12(15,16)8-4-9(22-11(21-8)13(17,18)19)23(2-20-4)10-7(27)6(26)5(25)3(1-24)28-10/h2-3,5-7,10,24-27H,1H2/t3-,5-,6+,7-,10-/m1/s1. The fraction of sp³-hybridized carbons (Fsp3) is 0.615. The molecular weight excluding hydrogens is 406 g/mol. The summed E-state index contributed by atoms with van der Waals surface area (Å²) in [4.78, 5) is 8.93. The van der Waals surface area contributed by atoms with Crippen LogP contribution in [0.4, 0.5) is 26.3 Å². The average molecular weight is 418 g/mol. The van der Waals surface area contributed by atoms with Crippen LogP contribution in [-0.4, -0.2) is 71.0 Å². The first-order valence-corrected chi connectivity index (χ1v) is 7.55. The van der Waals surface area contributed by atoms with Gasteiger partial charge in [-0.1, -0.05) is 0 Å². The number of nitrogens with zero attached hydrogens (tertiary/aromatic N) is 4. The zero-order valence-corrected chi connectivity index (χ0v) is 13.4. The van der Waals surface area contributed by atoms with Crippen LogP contribution >= 0.6 is 0 Å². The van der Waals surface area contributed by atoms with Crippen molar-refractivity contribution in [2.24, 2.45) is 0 Å². The summed E-state index contributed by atoms with van der Waals surface area (Å²) >= 11 is 0. The van der Waals surface area contributed by atoms with E-state index in [4.69, 9.17) is 9.84 Å². The molecule has 0 amide bonds. The van der Waals surface area contributed by atoms with E-state index in [0.29, 0.717) is 10.9 Å². The molecule has 0 bridgehead atoms. The van der Waals surface area contributed by atoms with Crippen LogP contribution in [0.15, 0.2) is 6.33 Å². The molecule has 0 spiro atoms. The number of hydrogen-bond donors (Lipinski definition) is 4. The van der Waals surface area contributed by atoms with Crippen LogP contribution in [-0.2, 0) is 17.1 Å². The lowest BCUT2D eigenvalue weighted by Gasteiger charge is -2.40. The summed E-state index contributed by atoms with van der Waals surface area (Å²) in [6.45, 7) is -0.856. The van der Waals surface area contributed by atoms with Crippen LogP contribution in [0.25, 0.3) is 11.2 Å². The molecule has 0 unspecified atom stereocenters. The molecule has 2 aromatic heterocycles. The summed E-state index contributed by atoms with van der Waals surface area (Å²) in [5.74, 6) is -2.10. The zero-order chi connectivity index (χ0) is 21.0. The Labute approximate surface area is 150 Å². The number of aliphatic hydroxyl groups excluding tert-OH is 4. The zero-order valence-electron chi connectivity index (χ0n) is 13.4. The number of aliphatic hydroxyl groups is 4. The molecule has 4 N–H and O–H groups in total. The van der Waals surface area contributed by atoms with Gasteiger partial charge in [-0.3, -0.25) is 4.57 Å². The molecule has 5 atom stereocenters. The third-order valence-electron chi connectivity index (χ3n) is 4.08. The number of rotatable bonds is 2. The minimum absolute atomic E-state index is 0.532. The van der Waals surface area contributed by atoms with Gasteiger partial charge in [0.05, 0.1) is 12.9 Å². The molecule has 1 aliphatic rings. The Kier molecular flexibility index (Phi) is 4.99. The van der Waals surface area contributed by atoms with Gasteiger partial charge in [0.1, 0.15) is 29.9 Å². The minimum atomic E-state index is -5.32. The number of ether oxygens (including phenoxy) is 1. The number of hydrogen-bond acceptors (Lipinski definition) is 8. The Morgan fingerprint density at radius 2 is 1.61 bits per heavy atom. The third-order valence-corrected chi connectivity index (χ3v) is 4.08. The largest absolute Gasteiger partial charge is 0.451 e. The molecule has 156 valence electrons. The highest BCUT2D eigenvalue weighted by molar-refractivity contribution is 5.74. The summed E-state index contributed by atoms with van der Waals surface area (Å²) in [6.07, 6.45) is -18.9. The van der Waals surface area contributed by atoms with Gasteiger partial charge >= 0.3 is 12.4 Å². The Balaban J connectivity index is 2.20. The molecule has 0 aliphatic carbocycles. The summed E-state index contributed by atoms with van der Waals surface area (Å²) in [6, 6.07) is 0. The molecular formula is C13H12F6N4O5. The lowest BCUT2D eigenvalue weighted by atomic mass is 9.98. The van der Waals surface area contributed by atoms with Crippen molar-refractivity contribution in [2.75, 3.05) is 6.61 Å². The molecule has 1 saturated heterocycles. The first-order valence-electron chi connectivity index (χ1n) is 7.55. The van der Waals surface area contributed by atoms with E-state index < -0.39 is 72.3 Å². The van der Waals surface area contributed by atoms with E-state index in [0.717, 1.165) is 0 Å². The van der Waals surface area contributed by atoms with Crippen molar-refractivity contribution in [1.82, 2.24) is 19.5 Å². The van der Waals surface area contributed by atoms with Crippen LogP contribution in [0, 0.1) is 0 Å². The van der Waals surface area contributed by atoms with Gasteiger partial charge in [0, 0.05) is 0 Å². The molecule has 2 aromatic rings. The predicted octanol–water partition coefficient (Wildman–Crippen LogP) is -0.164. The van der Waals surface area contributed by atoms with Gasteiger partial charge < -0.3 is 25.2 Å². The molecule has 0 aromatic carbocycles. The third kappa shape index (κ3) is 3.39. The second-order valence-corrected chi connectivity index (χ2v) is 5.93. The van der Waals surface area contributed by atoms with Gasteiger partial charge in [-0.2, -0.15) is 26.3 Å². The van der Waals surface area contributed by atoms with Crippen LogP contribution < -0.4 is 0 Å². The highest BCUT2D eigenvalue weighted by atomic mass is 19.4. The molecule has 0 radical (unpaired) electrons. The van der Waals surface area contributed by atoms with E-state index in [9.17, 15) is 41.7 Å². The highest BCUT2D eigenvalue weighted by Crippen LogP contribution is 2.37. The van der Waals surface area contributed by atoms with Gasteiger partial charge in [0.2, 0.25) is 5.82 Å². The lowest BCUT2D eigenvalue weighted by Crippen LogP contribution is -2.56. The summed E-state index contributed by atoms with van der Waals surface area (Å²) in [5.41, 5.74) is -3.97. The molecule has 1 fully saturated rings. The van der Waals surface area contributed by atoms with E-state index in [1.165, 1.54) is 0 Å². The summed E-state index contributed by atoms with van der Waals surface area (Å²) in [5, 5.41) is 38.8. The second-order valence-electron chi connectivity index (χ2n) is 5.93. The maximum atomic E-state index is 13.2. The SMILES string of the molecule is OC[C@H]1O[C@@H](n2cnc3c(C(F)(F)F)nc(C(F)(F)F)nc32)[C@H](O)[C@@H](O)[C@@H]1O. The summed E-state index contributed by atoms with van der Waals surface area (Å²) in [7, 11) is 0. The molecule has 9 nitrogen and oxygen atoms in total. The number of fused-ring (bicyclic) bond motifs is 1. The number of alkyl halides is 6. The minimum Gasteiger partial charge on any atom is -0.394 e. The fourth-order valence-corrected chi connectivity index (χ4v) is 2.74. The Morgan fingerprint density at radius 1 is 0.964 bits per heavy atom. The molecule has 1 aliphatic heterocycles. The smallest absolute Gasteiger partial charge is 0.394 e. The number of aromatic nitrogens is 4. The van der Waals surface area contributed by atoms with Crippen molar-refractivity contribution in [3.05, 3.63) is 17.8 Å². The molecule has 3 heterocycles. The van der Waals surface area contributed by atoms with Gasteiger partial charge in [-0.05, 0) is 0 Å². The van der Waals surface area contributed by atoms with Gasteiger partial charge in [0.15, 0.2) is 17.6 Å². The molecule has 3 rings (SSSR count). The fourth-order valence-electron chi connectivity index (χ4n) is 2.74. The molecule has 15 heteroatoms. The van der Waals surface area contributed by atoms with E-state index in [1.807, 2.05) is 0 Å². The maximum Gasteiger partial charge on any atom is 0.451 e. The quantitative estimate of drug-likeness (QED) is 0.495. The van der Waals surface area contributed by atoms with Crippen LogP contribution in [0.5, 0.6) is 0 Å². The van der Waals surface area contributed by atoms with Crippen LogP contribution in [0.2, 0.25) is 0 Å². The van der Waals surface area contributed by atoms with Crippen LogP contribution in [0.1, 0.15) is 17.7 Å². The van der Waals surface area contributed by atoms with Gasteiger partial charge in [-0.25, -0.2) is 15.0 Å². The topological polar surface area (TPSA) is 134 Å². The molecule has 28 heavy (non-hydrogen) atoms. The second kappa shape index (κ2) is 6.77. The normalized spacial score (nSPS) is 29.4. The first kappa shape index (κ1) is 20.7. The van der Waals surface area contributed by atoms with Crippen molar-refractivity contribution in [3.8, 4) is 0 Å². The van der Waals surface area contributed by atoms with E-state index >= 15 is 0 Å². The Hall–Kier alpha value is -2.07. The summed E-state index contributed by atoms with van der Waals surface area (Å²) < 4.78 is 84.0. The lowest BCUT2D eigenvalue weighted by molar-refractivity contribution is -0.250. The van der Waals surface area contributed by atoms with Crippen molar-refractivity contribution in [1.29, 1.82) is 0 Å². The maximum absolute atomic E-state index is 13.2. The average Bonchev–Trinajstić information content (AvgIpc) is 3.01. The van der Waals surface area contributed by atoms with Crippen LogP contribution in [0.3, 0.4) is 0 Å². The number of halogens is 6.